The summed E-state index contributed by atoms with van der Waals surface area (Å²) in [5.41, 5.74) is 10.1. The van der Waals surface area contributed by atoms with Gasteiger partial charge < -0.3 is 16.4 Å². The Morgan fingerprint density at radius 2 is 1.72 bits per heavy atom. The van der Waals surface area contributed by atoms with Crippen LogP contribution in [0.4, 0.5) is 17.3 Å². The summed E-state index contributed by atoms with van der Waals surface area (Å²) in [6.07, 6.45) is 5.72. The molecule has 4 rings (SSSR count). The van der Waals surface area contributed by atoms with Crippen LogP contribution in [0.25, 0.3) is 0 Å². The second-order valence-electron chi connectivity index (χ2n) is 7.33. The summed E-state index contributed by atoms with van der Waals surface area (Å²) in [7, 11) is 0. The lowest BCUT2D eigenvalue weighted by Gasteiger charge is -2.17. The number of nitrogens with one attached hydrogen (secondary N) is 2. The molecule has 2 aromatic heterocycles. The molecular weight excluding hydrogens is 400 g/mol. The molecule has 0 aliphatic rings. The zero-order valence-electron chi connectivity index (χ0n) is 17.5. The molecule has 0 radical (unpaired) electrons. The smallest absolute Gasteiger partial charge is 0.274 e. The Morgan fingerprint density at radius 3 is 2.50 bits per heavy atom. The highest BCUT2D eigenvalue weighted by molar-refractivity contribution is 6.03. The average Bonchev–Trinajstić information content (AvgIpc) is 2.84. The lowest BCUT2D eigenvalue weighted by Crippen LogP contribution is -2.17. The van der Waals surface area contributed by atoms with Gasteiger partial charge in [0.25, 0.3) is 5.91 Å². The van der Waals surface area contributed by atoms with Gasteiger partial charge in [0, 0.05) is 35.9 Å². The first-order valence-electron chi connectivity index (χ1n) is 10.4. The van der Waals surface area contributed by atoms with Gasteiger partial charge in [0.05, 0.1) is 0 Å². The first-order chi connectivity index (χ1) is 15.7. The zero-order valence-corrected chi connectivity index (χ0v) is 17.5. The van der Waals surface area contributed by atoms with Gasteiger partial charge >= 0.3 is 0 Å². The molecule has 160 valence electrons. The maximum absolute atomic E-state index is 12.8. The van der Waals surface area contributed by atoms with E-state index in [0.29, 0.717) is 18.2 Å². The van der Waals surface area contributed by atoms with E-state index in [9.17, 15) is 4.79 Å². The van der Waals surface area contributed by atoms with E-state index in [0.717, 1.165) is 17.7 Å². The number of rotatable bonds is 8. The summed E-state index contributed by atoms with van der Waals surface area (Å²) in [4.78, 5) is 25.3. The second kappa shape index (κ2) is 10.3. The fraction of sp³-hybridized carbons (Fsp3) is 0.120. The molecule has 1 amide bonds. The molecule has 0 spiro atoms. The maximum atomic E-state index is 12.8. The van der Waals surface area contributed by atoms with Crippen molar-refractivity contribution in [2.45, 2.75) is 12.3 Å². The molecule has 0 fully saturated rings. The number of anilines is 3. The third-order valence-electron chi connectivity index (χ3n) is 5.05. The number of aromatic nitrogens is 3. The van der Waals surface area contributed by atoms with Gasteiger partial charge in [0.2, 0.25) is 5.95 Å². The number of hydrogen-bond acceptors (Lipinski definition) is 6. The maximum Gasteiger partial charge on any atom is 0.274 e. The topological polar surface area (TPSA) is 106 Å². The predicted molar refractivity (Wildman–Crippen MR) is 126 cm³/mol. The van der Waals surface area contributed by atoms with Crippen molar-refractivity contribution in [1.29, 1.82) is 0 Å². The largest absolute Gasteiger partial charge is 0.330 e. The van der Waals surface area contributed by atoms with E-state index in [1.165, 1.54) is 5.56 Å². The van der Waals surface area contributed by atoms with E-state index in [2.05, 4.69) is 37.7 Å². The summed E-state index contributed by atoms with van der Waals surface area (Å²) < 4.78 is 0. The third kappa shape index (κ3) is 5.53. The average molecular weight is 425 g/mol. The van der Waals surface area contributed by atoms with Crippen molar-refractivity contribution in [3.63, 3.8) is 0 Å². The number of carbonyl (C=O) groups excluding carboxylic acids is 1. The van der Waals surface area contributed by atoms with E-state index in [1.807, 2.05) is 42.5 Å². The molecule has 0 saturated heterocycles. The zero-order chi connectivity index (χ0) is 22.2. The highest BCUT2D eigenvalue weighted by Gasteiger charge is 2.14. The van der Waals surface area contributed by atoms with Gasteiger partial charge in [-0.05, 0) is 54.4 Å². The van der Waals surface area contributed by atoms with Crippen LogP contribution < -0.4 is 16.4 Å². The van der Waals surface area contributed by atoms with Crippen LogP contribution >= 0.6 is 0 Å². The summed E-state index contributed by atoms with van der Waals surface area (Å²) in [6, 6.07) is 23.2. The number of amides is 1. The molecule has 2 aromatic carbocycles. The van der Waals surface area contributed by atoms with Crippen LogP contribution in [0, 0.1) is 0 Å². The van der Waals surface area contributed by atoms with E-state index in [4.69, 9.17) is 5.73 Å². The van der Waals surface area contributed by atoms with Crippen molar-refractivity contribution < 1.29 is 4.79 Å². The summed E-state index contributed by atoms with van der Waals surface area (Å²) in [5, 5.41) is 5.99. The van der Waals surface area contributed by atoms with Crippen molar-refractivity contribution in [2.75, 3.05) is 17.2 Å². The van der Waals surface area contributed by atoms with E-state index < -0.39 is 0 Å². The lowest BCUT2D eigenvalue weighted by molar-refractivity contribution is 0.102. The van der Waals surface area contributed by atoms with E-state index >= 15 is 0 Å². The van der Waals surface area contributed by atoms with Crippen LogP contribution in [0.3, 0.4) is 0 Å². The predicted octanol–water partition coefficient (Wildman–Crippen LogP) is 4.15. The molecule has 32 heavy (non-hydrogen) atoms. The first-order valence-corrected chi connectivity index (χ1v) is 10.4. The molecule has 1 atom stereocenters. The van der Waals surface area contributed by atoms with Crippen molar-refractivity contribution in [3.8, 4) is 0 Å². The molecule has 0 aliphatic carbocycles. The van der Waals surface area contributed by atoms with Crippen molar-refractivity contribution >= 4 is 23.2 Å². The summed E-state index contributed by atoms with van der Waals surface area (Å²) >= 11 is 0. The van der Waals surface area contributed by atoms with Crippen LogP contribution in [0.2, 0.25) is 0 Å². The highest BCUT2D eigenvalue weighted by atomic mass is 16.1. The van der Waals surface area contributed by atoms with Crippen LogP contribution in [0.5, 0.6) is 0 Å². The molecule has 0 saturated carbocycles. The van der Waals surface area contributed by atoms with Crippen LogP contribution in [-0.4, -0.2) is 27.4 Å². The Labute approximate surface area is 186 Å². The molecule has 7 nitrogen and oxygen atoms in total. The normalized spacial score (nSPS) is 11.5. The van der Waals surface area contributed by atoms with E-state index in [-0.39, 0.29) is 17.5 Å². The van der Waals surface area contributed by atoms with Gasteiger partial charge in [-0.15, -0.1) is 0 Å². The summed E-state index contributed by atoms with van der Waals surface area (Å²) in [6.45, 7) is 0.516. The number of carbonyl (C=O) groups is 1. The quantitative estimate of drug-likeness (QED) is 0.392. The number of nitrogens with zero attached hydrogens (tertiary/aromatic N) is 3. The molecule has 7 heteroatoms. The van der Waals surface area contributed by atoms with E-state index in [1.54, 1.807) is 36.8 Å². The molecular formula is C25H24N6O. The Morgan fingerprint density at radius 1 is 0.906 bits per heavy atom. The van der Waals surface area contributed by atoms with Crippen molar-refractivity contribution in [2.24, 2.45) is 5.73 Å². The van der Waals surface area contributed by atoms with Gasteiger partial charge in [-0.2, -0.15) is 0 Å². The van der Waals surface area contributed by atoms with Crippen LogP contribution in [0.1, 0.15) is 27.5 Å². The fourth-order valence-corrected chi connectivity index (χ4v) is 3.41. The second-order valence-corrected chi connectivity index (χ2v) is 7.33. The molecule has 0 aliphatic heterocycles. The van der Waals surface area contributed by atoms with Gasteiger partial charge in [0.1, 0.15) is 5.69 Å². The minimum Gasteiger partial charge on any atom is -0.330 e. The molecule has 1 unspecified atom stereocenters. The highest BCUT2D eigenvalue weighted by Crippen LogP contribution is 2.23. The molecule has 2 heterocycles. The number of benzene rings is 2. The third-order valence-corrected chi connectivity index (χ3v) is 5.05. The summed E-state index contributed by atoms with van der Waals surface area (Å²) in [5.74, 6) is 0.183. The van der Waals surface area contributed by atoms with Crippen LogP contribution in [-0.2, 0) is 6.42 Å². The standard InChI is InChI=1S/C25H24N6O/c26-17-20(15-18-5-2-1-3-6-18)19-7-4-8-22(16-19)29-24(32)23-11-14-28-25(31-23)30-21-9-12-27-13-10-21/h1-14,16,20H,15,17,26H2,(H,29,32)(H,27,28,30,31). The molecule has 4 aromatic rings. The first kappa shape index (κ1) is 21.1. The molecule has 4 N–H and O–H groups in total. The molecule has 0 bridgehead atoms. The van der Waals surface area contributed by atoms with Gasteiger partial charge in [-0.3, -0.25) is 9.78 Å². The van der Waals surface area contributed by atoms with Gasteiger partial charge in [-0.25, -0.2) is 9.97 Å². The number of pyridine rings is 1. The minimum absolute atomic E-state index is 0.157. The fourth-order valence-electron chi connectivity index (χ4n) is 3.41. The van der Waals surface area contributed by atoms with Gasteiger partial charge in [0.15, 0.2) is 0 Å². The Hall–Kier alpha value is -4.10. The Kier molecular flexibility index (Phi) is 6.79. The number of hydrogen-bond donors (Lipinski definition) is 3. The van der Waals surface area contributed by atoms with Crippen LogP contribution in [0.15, 0.2) is 91.4 Å². The lowest BCUT2D eigenvalue weighted by atomic mass is 9.92. The van der Waals surface area contributed by atoms with Crippen molar-refractivity contribution in [1.82, 2.24) is 15.0 Å². The van der Waals surface area contributed by atoms with Gasteiger partial charge in [-0.1, -0.05) is 42.5 Å². The van der Waals surface area contributed by atoms with Crippen molar-refractivity contribution in [3.05, 3.63) is 108 Å². The SMILES string of the molecule is NCC(Cc1ccccc1)c1cccc(NC(=O)c2ccnc(Nc3ccncc3)n2)c1. The Bertz CT molecular complexity index is 1170. The monoisotopic (exact) mass is 424 g/mol. The minimum atomic E-state index is -0.310. The Balaban J connectivity index is 1.46. The number of nitrogens with two attached hydrogens (primary N) is 1.